The van der Waals surface area contributed by atoms with Crippen LogP contribution in [-0.4, -0.2) is 6.86 Å². The topological polar surface area (TPSA) is 33.0 Å². The molecule has 0 bridgehead atoms. The molecule has 0 aromatic heterocycles. The fourth-order valence-corrected chi connectivity index (χ4v) is 1.43. The van der Waals surface area contributed by atoms with Crippen molar-refractivity contribution in [2.24, 2.45) is 0 Å². The van der Waals surface area contributed by atoms with Crippen LogP contribution >= 0.6 is 15.9 Å². The second kappa shape index (κ2) is 5.61. The Labute approximate surface area is 90.4 Å². The zero-order chi connectivity index (χ0) is 10.4. The lowest BCUT2D eigenvalue weighted by Crippen LogP contribution is -1.93. The number of halogens is 2. The summed E-state index contributed by atoms with van der Waals surface area (Å²) < 4.78 is 17.4. The summed E-state index contributed by atoms with van der Waals surface area (Å²) in [7, 11) is 0. The van der Waals surface area contributed by atoms with E-state index in [1.54, 1.807) is 12.1 Å². The van der Waals surface area contributed by atoms with Gasteiger partial charge in [-0.15, -0.1) is 0 Å². The van der Waals surface area contributed by atoms with E-state index in [0.29, 0.717) is 18.6 Å². The van der Waals surface area contributed by atoms with Gasteiger partial charge in [0.2, 0.25) is 6.86 Å². The van der Waals surface area contributed by atoms with Crippen LogP contribution in [0.2, 0.25) is 0 Å². The number of hydrogen-bond acceptors (Lipinski definition) is 2. The van der Waals surface area contributed by atoms with Gasteiger partial charge in [0.05, 0.1) is 10.5 Å². The molecule has 1 rings (SSSR count). The van der Waals surface area contributed by atoms with Crippen LogP contribution in [0.3, 0.4) is 0 Å². The van der Waals surface area contributed by atoms with E-state index in [1.807, 2.05) is 6.07 Å². The van der Waals surface area contributed by atoms with Crippen LogP contribution in [0.4, 0.5) is 4.39 Å². The van der Waals surface area contributed by atoms with Gasteiger partial charge in [0, 0.05) is 6.42 Å². The van der Waals surface area contributed by atoms with Crippen molar-refractivity contribution in [1.29, 1.82) is 5.26 Å². The quantitative estimate of drug-likeness (QED) is 0.830. The SMILES string of the molecule is N#CCCc1ccc(Br)c(OCF)c1. The molecule has 0 N–H and O–H groups in total. The van der Waals surface area contributed by atoms with E-state index in [-0.39, 0.29) is 0 Å². The van der Waals surface area contributed by atoms with E-state index in [0.717, 1.165) is 10.0 Å². The maximum atomic E-state index is 11.9. The Bertz CT molecular complexity index is 348. The first-order chi connectivity index (χ1) is 6.77. The Hall–Kier alpha value is -1.08. The van der Waals surface area contributed by atoms with Gasteiger partial charge in [-0.05, 0) is 40.0 Å². The Kier molecular flexibility index (Phi) is 4.41. The zero-order valence-corrected chi connectivity index (χ0v) is 9.05. The molecule has 1 aromatic carbocycles. The number of nitriles is 1. The summed E-state index contributed by atoms with van der Waals surface area (Å²) in [4.78, 5) is 0. The van der Waals surface area contributed by atoms with Gasteiger partial charge < -0.3 is 4.74 Å². The number of rotatable bonds is 4. The maximum absolute atomic E-state index is 11.9. The standard InChI is InChI=1S/C10H9BrFNO/c11-9-4-3-8(2-1-5-13)6-10(9)14-7-12/h3-4,6H,1-2,7H2. The second-order valence-electron chi connectivity index (χ2n) is 2.68. The number of nitrogens with zero attached hydrogens (tertiary/aromatic N) is 1. The molecule has 0 unspecified atom stereocenters. The summed E-state index contributed by atoms with van der Waals surface area (Å²) in [5, 5.41) is 8.40. The molecule has 0 saturated heterocycles. The molecule has 1 aromatic rings. The average Bonchev–Trinajstić information content (AvgIpc) is 2.19. The Morgan fingerprint density at radius 1 is 1.50 bits per heavy atom. The lowest BCUT2D eigenvalue weighted by Gasteiger charge is -2.05. The lowest BCUT2D eigenvalue weighted by atomic mass is 10.1. The zero-order valence-electron chi connectivity index (χ0n) is 7.46. The number of ether oxygens (including phenoxy) is 1. The molecule has 0 atom stereocenters. The normalized spacial score (nSPS) is 9.50. The van der Waals surface area contributed by atoms with Crippen molar-refractivity contribution in [3.63, 3.8) is 0 Å². The van der Waals surface area contributed by atoms with Gasteiger partial charge in [-0.2, -0.15) is 5.26 Å². The second-order valence-corrected chi connectivity index (χ2v) is 3.53. The van der Waals surface area contributed by atoms with Crippen LogP contribution < -0.4 is 4.74 Å². The molecule has 2 nitrogen and oxygen atoms in total. The van der Waals surface area contributed by atoms with E-state index >= 15 is 0 Å². The molecule has 14 heavy (non-hydrogen) atoms. The molecule has 0 aliphatic heterocycles. The summed E-state index contributed by atoms with van der Waals surface area (Å²) >= 11 is 3.24. The monoisotopic (exact) mass is 257 g/mol. The molecule has 0 amide bonds. The van der Waals surface area contributed by atoms with Gasteiger partial charge in [-0.25, -0.2) is 4.39 Å². The van der Waals surface area contributed by atoms with Crippen LogP contribution in [-0.2, 0) is 6.42 Å². The van der Waals surface area contributed by atoms with Crippen molar-refractivity contribution in [3.05, 3.63) is 28.2 Å². The molecule has 0 spiro atoms. The van der Waals surface area contributed by atoms with E-state index in [4.69, 9.17) is 10.00 Å². The van der Waals surface area contributed by atoms with Crippen LogP contribution in [0.1, 0.15) is 12.0 Å². The summed E-state index contributed by atoms with van der Waals surface area (Å²) in [5.74, 6) is 0.475. The van der Waals surface area contributed by atoms with Crippen molar-refractivity contribution >= 4 is 15.9 Å². The van der Waals surface area contributed by atoms with Crippen LogP contribution in [0, 0.1) is 11.3 Å². The molecule has 0 fully saturated rings. The summed E-state index contributed by atoms with van der Waals surface area (Å²) in [5.41, 5.74) is 0.971. The van der Waals surface area contributed by atoms with Gasteiger partial charge >= 0.3 is 0 Å². The summed E-state index contributed by atoms with van der Waals surface area (Å²) in [6.07, 6.45) is 1.11. The van der Waals surface area contributed by atoms with Crippen molar-refractivity contribution < 1.29 is 9.13 Å². The van der Waals surface area contributed by atoms with Gasteiger partial charge in [0.25, 0.3) is 0 Å². The van der Waals surface area contributed by atoms with E-state index in [9.17, 15) is 4.39 Å². The minimum Gasteiger partial charge on any atom is -0.462 e. The van der Waals surface area contributed by atoms with Crippen molar-refractivity contribution in [1.82, 2.24) is 0 Å². The Morgan fingerprint density at radius 3 is 2.93 bits per heavy atom. The number of alkyl halides is 1. The highest BCUT2D eigenvalue weighted by Crippen LogP contribution is 2.26. The molecule has 0 saturated carbocycles. The lowest BCUT2D eigenvalue weighted by molar-refractivity contribution is 0.190. The van der Waals surface area contributed by atoms with Gasteiger partial charge in [-0.1, -0.05) is 6.07 Å². The molecule has 0 aliphatic rings. The average molecular weight is 258 g/mol. The number of hydrogen-bond donors (Lipinski definition) is 0. The summed E-state index contributed by atoms with van der Waals surface area (Å²) in [6.45, 7) is -0.847. The predicted molar refractivity (Wildman–Crippen MR) is 54.7 cm³/mol. The molecule has 0 aliphatic carbocycles. The van der Waals surface area contributed by atoms with Gasteiger partial charge in [0.15, 0.2) is 0 Å². The van der Waals surface area contributed by atoms with Crippen LogP contribution in [0.25, 0.3) is 0 Å². The van der Waals surface area contributed by atoms with Crippen LogP contribution in [0.5, 0.6) is 5.75 Å². The van der Waals surface area contributed by atoms with E-state index in [2.05, 4.69) is 22.0 Å². The fraction of sp³-hybridized carbons (Fsp3) is 0.300. The maximum Gasteiger partial charge on any atom is 0.228 e. The van der Waals surface area contributed by atoms with Crippen molar-refractivity contribution in [2.45, 2.75) is 12.8 Å². The van der Waals surface area contributed by atoms with Gasteiger partial charge in [0.1, 0.15) is 5.75 Å². The smallest absolute Gasteiger partial charge is 0.228 e. The summed E-state index contributed by atoms with van der Waals surface area (Å²) in [6, 6.07) is 7.46. The van der Waals surface area contributed by atoms with Crippen molar-refractivity contribution in [3.8, 4) is 11.8 Å². The molecule has 0 radical (unpaired) electrons. The van der Waals surface area contributed by atoms with Crippen molar-refractivity contribution in [2.75, 3.05) is 6.86 Å². The van der Waals surface area contributed by atoms with E-state index < -0.39 is 6.86 Å². The molecule has 74 valence electrons. The molecule has 4 heteroatoms. The Balaban J connectivity index is 2.78. The largest absolute Gasteiger partial charge is 0.462 e. The third-order valence-corrected chi connectivity index (χ3v) is 2.39. The highest BCUT2D eigenvalue weighted by atomic mass is 79.9. The van der Waals surface area contributed by atoms with Crippen LogP contribution in [0.15, 0.2) is 22.7 Å². The first kappa shape index (κ1) is 11.0. The number of benzene rings is 1. The minimum absolute atomic E-state index is 0.455. The predicted octanol–water partition coefficient (Wildman–Crippen LogP) is 3.21. The minimum atomic E-state index is -0.847. The number of aryl methyl sites for hydroxylation is 1. The Morgan fingerprint density at radius 2 is 2.29 bits per heavy atom. The molecular weight excluding hydrogens is 249 g/mol. The van der Waals surface area contributed by atoms with Gasteiger partial charge in [-0.3, -0.25) is 0 Å². The van der Waals surface area contributed by atoms with E-state index in [1.165, 1.54) is 0 Å². The first-order valence-electron chi connectivity index (χ1n) is 4.12. The third kappa shape index (κ3) is 3.00. The first-order valence-corrected chi connectivity index (χ1v) is 4.91. The molecule has 0 heterocycles. The fourth-order valence-electron chi connectivity index (χ4n) is 1.07. The third-order valence-electron chi connectivity index (χ3n) is 1.73. The highest BCUT2D eigenvalue weighted by Gasteiger charge is 2.02. The highest BCUT2D eigenvalue weighted by molar-refractivity contribution is 9.10. The molecular formula is C10H9BrFNO.